The number of amides is 1. The highest BCUT2D eigenvalue weighted by Gasteiger charge is 2.52. The van der Waals surface area contributed by atoms with Gasteiger partial charge in [-0.25, -0.2) is 0 Å². The van der Waals surface area contributed by atoms with Crippen LogP contribution < -0.4 is 5.32 Å². The maximum absolute atomic E-state index is 12.3. The molecule has 0 aromatic carbocycles. The van der Waals surface area contributed by atoms with E-state index in [9.17, 15) is 4.79 Å². The second kappa shape index (κ2) is 5.30. The molecule has 2 rings (SSSR count). The first-order valence-electron chi connectivity index (χ1n) is 7.90. The third-order valence-corrected chi connectivity index (χ3v) is 5.17. The minimum Gasteiger partial charge on any atom is -0.364 e. The van der Waals surface area contributed by atoms with Crippen LogP contribution in [0.5, 0.6) is 0 Å². The Bertz CT molecular complexity index is 369. The predicted molar refractivity (Wildman–Crippen MR) is 80.7 cm³/mol. The smallest absolute Gasteiger partial charge is 0.222 e. The molecule has 2 aliphatic heterocycles. The highest BCUT2D eigenvalue weighted by Crippen LogP contribution is 2.43. The fraction of sp³-hybridized carbons (Fsp3) is 0.938. The van der Waals surface area contributed by atoms with Gasteiger partial charge in [-0.1, -0.05) is 27.7 Å². The van der Waals surface area contributed by atoms with Gasteiger partial charge in [0, 0.05) is 13.0 Å². The fourth-order valence-electron chi connectivity index (χ4n) is 3.24. The van der Waals surface area contributed by atoms with Crippen molar-refractivity contribution in [3.05, 3.63) is 0 Å². The Morgan fingerprint density at radius 3 is 2.35 bits per heavy atom. The summed E-state index contributed by atoms with van der Waals surface area (Å²) in [6, 6.07) is 0. The molecule has 0 aliphatic carbocycles. The standard InChI is InChI=1S/C16H30N2O2/c1-6-13(19)18-11-15(5,14(2,3)4)20-16(12-18)7-9-17-10-8-16/h17H,6-12H2,1-5H3. The number of ether oxygens (including phenoxy) is 1. The lowest BCUT2D eigenvalue weighted by Gasteiger charge is -2.57. The molecule has 1 spiro atoms. The number of piperidine rings is 1. The van der Waals surface area contributed by atoms with E-state index in [4.69, 9.17) is 4.74 Å². The van der Waals surface area contributed by atoms with E-state index in [1.165, 1.54) is 0 Å². The van der Waals surface area contributed by atoms with Crippen LogP contribution in [-0.4, -0.2) is 48.2 Å². The molecular formula is C16H30N2O2. The molecule has 1 N–H and O–H groups in total. The molecule has 4 heteroatoms. The van der Waals surface area contributed by atoms with Crippen molar-refractivity contribution in [1.82, 2.24) is 10.2 Å². The number of nitrogens with one attached hydrogen (secondary N) is 1. The predicted octanol–water partition coefficient (Wildman–Crippen LogP) is 2.18. The first kappa shape index (κ1) is 15.8. The van der Waals surface area contributed by atoms with E-state index >= 15 is 0 Å². The average molecular weight is 282 g/mol. The Labute approximate surface area is 123 Å². The van der Waals surface area contributed by atoms with Crippen molar-refractivity contribution in [3.8, 4) is 0 Å². The van der Waals surface area contributed by atoms with Crippen LogP contribution in [-0.2, 0) is 9.53 Å². The van der Waals surface area contributed by atoms with E-state index in [1.807, 2.05) is 11.8 Å². The summed E-state index contributed by atoms with van der Waals surface area (Å²) >= 11 is 0. The largest absolute Gasteiger partial charge is 0.364 e. The summed E-state index contributed by atoms with van der Waals surface area (Å²) in [5, 5.41) is 3.40. The van der Waals surface area contributed by atoms with E-state index in [0.717, 1.165) is 32.5 Å². The molecule has 0 saturated carbocycles. The first-order chi connectivity index (χ1) is 9.21. The van der Waals surface area contributed by atoms with Crippen molar-refractivity contribution in [2.24, 2.45) is 5.41 Å². The van der Waals surface area contributed by atoms with Crippen molar-refractivity contribution in [1.29, 1.82) is 0 Å². The van der Waals surface area contributed by atoms with Crippen molar-refractivity contribution in [2.45, 2.75) is 65.1 Å². The van der Waals surface area contributed by atoms with Gasteiger partial charge >= 0.3 is 0 Å². The number of carbonyl (C=O) groups excluding carboxylic acids is 1. The molecule has 0 radical (unpaired) electrons. The van der Waals surface area contributed by atoms with Crippen LogP contribution >= 0.6 is 0 Å². The van der Waals surface area contributed by atoms with Crippen molar-refractivity contribution in [3.63, 3.8) is 0 Å². The molecule has 20 heavy (non-hydrogen) atoms. The third-order valence-electron chi connectivity index (χ3n) is 5.17. The van der Waals surface area contributed by atoms with Gasteiger partial charge < -0.3 is 15.0 Å². The molecule has 1 amide bonds. The topological polar surface area (TPSA) is 41.6 Å². The van der Waals surface area contributed by atoms with E-state index in [0.29, 0.717) is 13.0 Å². The van der Waals surface area contributed by atoms with Gasteiger partial charge in [0.15, 0.2) is 0 Å². The van der Waals surface area contributed by atoms with E-state index < -0.39 is 0 Å². The molecule has 0 aromatic heterocycles. The summed E-state index contributed by atoms with van der Waals surface area (Å²) in [4.78, 5) is 14.3. The van der Waals surface area contributed by atoms with E-state index in [2.05, 4.69) is 33.0 Å². The summed E-state index contributed by atoms with van der Waals surface area (Å²) in [5.74, 6) is 0.252. The number of rotatable bonds is 1. The Kier molecular flexibility index (Phi) is 4.18. The molecule has 0 aromatic rings. The molecule has 2 aliphatic rings. The van der Waals surface area contributed by atoms with Gasteiger partial charge in [-0.15, -0.1) is 0 Å². The van der Waals surface area contributed by atoms with E-state index in [1.54, 1.807) is 0 Å². The molecule has 0 bridgehead atoms. The number of nitrogens with zero attached hydrogens (tertiary/aromatic N) is 1. The zero-order valence-corrected chi connectivity index (χ0v) is 13.7. The lowest BCUT2D eigenvalue weighted by atomic mass is 9.74. The summed E-state index contributed by atoms with van der Waals surface area (Å²) in [5.41, 5.74) is -0.429. The van der Waals surface area contributed by atoms with Crippen LogP contribution in [0.3, 0.4) is 0 Å². The van der Waals surface area contributed by atoms with E-state index in [-0.39, 0.29) is 22.5 Å². The highest BCUT2D eigenvalue weighted by atomic mass is 16.5. The maximum atomic E-state index is 12.3. The molecule has 1 unspecified atom stereocenters. The Hall–Kier alpha value is -0.610. The summed E-state index contributed by atoms with van der Waals surface area (Å²) in [6.07, 6.45) is 2.56. The Morgan fingerprint density at radius 2 is 1.85 bits per heavy atom. The van der Waals surface area contributed by atoms with Crippen molar-refractivity contribution >= 4 is 5.91 Å². The van der Waals surface area contributed by atoms with Crippen molar-refractivity contribution in [2.75, 3.05) is 26.2 Å². The number of hydrogen-bond acceptors (Lipinski definition) is 3. The van der Waals surface area contributed by atoms with Crippen LogP contribution in [0.15, 0.2) is 0 Å². The van der Waals surface area contributed by atoms with Crippen LogP contribution in [0.25, 0.3) is 0 Å². The van der Waals surface area contributed by atoms with Crippen molar-refractivity contribution < 1.29 is 9.53 Å². The Morgan fingerprint density at radius 1 is 1.25 bits per heavy atom. The number of carbonyl (C=O) groups is 1. The summed E-state index contributed by atoms with van der Waals surface area (Å²) < 4.78 is 6.66. The van der Waals surface area contributed by atoms with Gasteiger partial charge in [-0.05, 0) is 38.3 Å². The van der Waals surface area contributed by atoms with Gasteiger partial charge in [-0.3, -0.25) is 4.79 Å². The molecule has 2 saturated heterocycles. The van der Waals surface area contributed by atoms with Gasteiger partial charge in [0.25, 0.3) is 0 Å². The molecular weight excluding hydrogens is 252 g/mol. The van der Waals surface area contributed by atoms with Gasteiger partial charge in [-0.2, -0.15) is 0 Å². The second-order valence-electron chi connectivity index (χ2n) is 7.62. The monoisotopic (exact) mass is 282 g/mol. The van der Waals surface area contributed by atoms with Gasteiger partial charge in [0.1, 0.15) is 0 Å². The van der Waals surface area contributed by atoms with Crippen LogP contribution in [0.2, 0.25) is 0 Å². The minimum atomic E-state index is -0.284. The number of hydrogen-bond donors (Lipinski definition) is 1. The highest BCUT2D eigenvalue weighted by molar-refractivity contribution is 5.76. The first-order valence-corrected chi connectivity index (χ1v) is 7.90. The average Bonchev–Trinajstić information content (AvgIpc) is 2.36. The zero-order chi connectivity index (χ0) is 15.0. The molecule has 2 heterocycles. The Balaban J connectivity index is 2.29. The quantitative estimate of drug-likeness (QED) is 0.801. The molecule has 4 nitrogen and oxygen atoms in total. The normalized spacial score (nSPS) is 30.6. The van der Waals surface area contributed by atoms with Crippen LogP contribution in [0.1, 0.15) is 53.9 Å². The SMILES string of the molecule is CCC(=O)N1CC2(CCNCC2)OC(C)(C(C)(C)C)C1. The lowest BCUT2D eigenvalue weighted by molar-refractivity contribution is -0.246. The summed E-state index contributed by atoms with van der Waals surface area (Å²) in [6.45, 7) is 14.2. The molecule has 1 atom stereocenters. The second-order valence-corrected chi connectivity index (χ2v) is 7.62. The maximum Gasteiger partial charge on any atom is 0.222 e. The van der Waals surface area contributed by atoms with Crippen LogP contribution in [0, 0.1) is 5.41 Å². The minimum absolute atomic E-state index is 0.0115. The summed E-state index contributed by atoms with van der Waals surface area (Å²) in [7, 11) is 0. The molecule has 2 fully saturated rings. The third kappa shape index (κ3) is 2.86. The van der Waals surface area contributed by atoms with Gasteiger partial charge in [0.2, 0.25) is 5.91 Å². The number of morpholine rings is 1. The molecule has 116 valence electrons. The van der Waals surface area contributed by atoms with Crippen LogP contribution in [0.4, 0.5) is 0 Å². The zero-order valence-electron chi connectivity index (χ0n) is 13.7. The van der Waals surface area contributed by atoms with Gasteiger partial charge in [0.05, 0.1) is 17.7 Å². The fourth-order valence-corrected chi connectivity index (χ4v) is 3.24. The lowest BCUT2D eigenvalue weighted by Crippen LogP contribution is -2.67.